The van der Waals surface area contributed by atoms with Gasteiger partial charge < -0.3 is 16.0 Å². The van der Waals surface area contributed by atoms with E-state index in [1.54, 1.807) is 18.2 Å². The van der Waals surface area contributed by atoms with Gasteiger partial charge in [0.05, 0.1) is 29.7 Å². The number of nitriles is 1. The molecule has 4 rings (SSSR count). The van der Waals surface area contributed by atoms with Gasteiger partial charge in [0.1, 0.15) is 5.82 Å². The van der Waals surface area contributed by atoms with Crippen LogP contribution in [0, 0.1) is 11.3 Å². The Morgan fingerprint density at radius 3 is 2.38 bits per heavy atom. The molecule has 0 radical (unpaired) electrons. The average molecular weight is 462 g/mol. The van der Waals surface area contributed by atoms with Crippen LogP contribution in [-0.4, -0.2) is 29.6 Å². The largest absolute Gasteiger partial charge is 0.417 e. The number of hydrogen-bond acceptors (Lipinski definition) is 6. The zero-order valence-corrected chi connectivity index (χ0v) is 18.0. The van der Waals surface area contributed by atoms with Crippen LogP contribution in [0.5, 0.6) is 0 Å². The molecule has 0 bridgehead atoms. The molecule has 2 aromatic carbocycles. The van der Waals surface area contributed by atoms with Crippen LogP contribution >= 0.6 is 0 Å². The molecule has 0 unspecified atom stereocenters. The van der Waals surface area contributed by atoms with Crippen LogP contribution in [0.3, 0.4) is 0 Å². The van der Waals surface area contributed by atoms with E-state index < -0.39 is 11.7 Å². The molecule has 0 atom stereocenters. The van der Waals surface area contributed by atoms with Gasteiger partial charge in [-0.2, -0.15) is 18.4 Å². The Bertz CT molecular complexity index is 1260. The summed E-state index contributed by atoms with van der Waals surface area (Å²) in [6.07, 6.45) is -1.000. The van der Waals surface area contributed by atoms with Crippen molar-refractivity contribution in [1.82, 2.24) is 20.6 Å². The highest BCUT2D eigenvalue weighted by atomic mass is 19.4. The Morgan fingerprint density at radius 1 is 0.941 bits per heavy atom. The Balaban J connectivity index is 1.58. The van der Waals surface area contributed by atoms with E-state index in [1.165, 1.54) is 18.2 Å². The van der Waals surface area contributed by atoms with Crippen LogP contribution in [0.15, 0.2) is 84.2 Å². The molecule has 1 aliphatic rings. The van der Waals surface area contributed by atoms with E-state index in [4.69, 9.17) is 5.26 Å². The summed E-state index contributed by atoms with van der Waals surface area (Å²) in [5, 5.41) is 18.4. The van der Waals surface area contributed by atoms with Gasteiger partial charge in [0.15, 0.2) is 5.82 Å². The molecule has 1 aromatic heterocycles. The van der Waals surface area contributed by atoms with Crippen molar-refractivity contribution in [1.29, 1.82) is 5.26 Å². The van der Waals surface area contributed by atoms with Crippen molar-refractivity contribution in [3.63, 3.8) is 0 Å². The highest BCUT2D eigenvalue weighted by Crippen LogP contribution is 2.36. The number of aromatic nitrogens is 2. The van der Waals surface area contributed by atoms with Gasteiger partial charge in [-0.05, 0) is 18.2 Å². The van der Waals surface area contributed by atoms with E-state index in [2.05, 4.69) is 32.0 Å². The summed E-state index contributed by atoms with van der Waals surface area (Å²) in [7, 11) is 0. The molecule has 0 aliphatic carbocycles. The molecular formula is C25H21F3N6. The lowest BCUT2D eigenvalue weighted by atomic mass is 10.1. The summed E-state index contributed by atoms with van der Waals surface area (Å²) in [5.41, 5.74) is 1.07. The Labute approximate surface area is 194 Å². The molecular weight excluding hydrogens is 441 g/mol. The fraction of sp³-hybridized carbons (Fsp3) is 0.160. The van der Waals surface area contributed by atoms with E-state index in [0.29, 0.717) is 36.7 Å². The molecule has 0 saturated heterocycles. The van der Waals surface area contributed by atoms with Crippen LogP contribution < -0.4 is 16.0 Å². The van der Waals surface area contributed by atoms with Crippen LogP contribution in [0.25, 0.3) is 22.6 Å². The van der Waals surface area contributed by atoms with E-state index in [0.717, 1.165) is 17.5 Å². The summed E-state index contributed by atoms with van der Waals surface area (Å²) >= 11 is 0. The number of rotatable bonds is 7. The fourth-order valence-electron chi connectivity index (χ4n) is 3.42. The first-order valence-corrected chi connectivity index (χ1v) is 10.6. The third kappa shape index (κ3) is 5.53. The molecule has 3 N–H and O–H groups in total. The Kier molecular flexibility index (Phi) is 6.78. The number of dihydropyridines is 1. The quantitative estimate of drug-likeness (QED) is 0.441. The minimum atomic E-state index is -4.53. The van der Waals surface area contributed by atoms with Gasteiger partial charge in [0, 0.05) is 35.9 Å². The Morgan fingerprint density at radius 2 is 1.68 bits per heavy atom. The second-order valence-electron chi connectivity index (χ2n) is 7.46. The van der Waals surface area contributed by atoms with Crippen molar-refractivity contribution < 1.29 is 13.2 Å². The van der Waals surface area contributed by atoms with Crippen LogP contribution in [0.2, 0.25) is 0 Å². The van der Waals surface area contributed by atoms with E-state index in [1.807, 2.05) is 30.3 Å². The molecule has 0 spiro atoms. The first-order valence-electron chi connectivity index (χ1n) is 10.6. The second-order valence-corrected chi connectivity index (χ2v) is 7.46. The molecule has 34 heavy (non-hydrogen) atoms. The molecule has 6 nitrogen and oxygen atoms in total. The lowest BCUT2D eigenvalue weighted by Crippen LogP contribution is -2.32. The van der Waals surface area contributed by atoms with Crippen molar-refractivity contribution in [2.45, 2.75) is 6.18 Å². The third-order valence-corrected chi connectivity index (χ3v) is 5.08. The van der Waals surface area contributed by atoms with Crippen LogP contribution in [0.1, 0.15) is 5.56 Å². The zero-order valence-electron chi connectivity index (χ0n) is 18.0. The van der Waals surface area contributed by atoms with Gasteiger partial charge in [-0.3, -0.25) is 0 Å². The van der Waals surface area contributed by atoms with Crippen molar-refractivity contribution in [2.24, 2.45) is 0 Å². The zero-order chi connectivity index (χ0) is 24.0. The summed E-state index contributed by atoms with van der Waals surface area (Å²) in [6.45, 7) is 1.43. The van der Waals surface area contributed by atoms with Crippen molar-refractivity contribution >= 4 is 5.82 Å². The number of allylic oxidation sites excluding steroid dienone is 2. The second kappa shape index (κ2) is 10.1. The van der Waals surface area contributed by atoms with Gasteiger partial charge in [-0.1, -0.05) is 48.5 Å². The average Bonchev–Trinajstić information content (AvgIpc) is 2.87. The van der Waals surface area contributed by atoms with Crippen molar-refractivity contribution in [3.8, 4) is 28.7 Å². The molecule has 2 heterocycles. The predicted octanol–water partition coefficient (Wildman–Crippen LogP) is 4.73. The molecule has 0 fully saturated rings. The van der Waals surface area contributed by atoms with Crippen molar-refractivity contribution in [3.05, 3.63) is 89.8 Å². The maximum absolute atomic E-state index is 13.6. The number of nitrogens with one attached hydrogen (secondary N) is 3. The number of halogens is 3. The predicted molar refractivity (Wildman–Crippen MR) is 124 cm³/mol. The number of benzene rings is 2. The highest BCUT2D eigenvalue weighted by molar-refractivity contribution is 5.69. The van der Waals surface area contributed by atoms with E-state index >= 15 is 0 Å². The molecule has 3 aromatic rings. The van der Waals surface area contributed by atoms with Gasteiger partial charge in [0.2, 0.25) is 0 Å². The minimum absolute atomic E-state index is 0.00411. The monoisotopic (exact) mass is 462 g/mol. The van der Waals surface area contributed by atoms with Crippen LogP contribution in [-0.2, 0) is 6.18 Å². The number of anilines is 1. The maximum Gasteiger partial charge on any atom is 0.417 e. The normalized spacial score (nSPS) is 13.2. The number of hydrogen-bond donors (Lipinski definition) is 3. The SMILES string of the molecule is N#CC1=CC=C(NCCNc2cc(-c3ccccc3)nc(-c3ccccc3C(F)(F)F)n2)NC1. The molecule has 0 saturated carbocycles. The van der Waals surface area contributed by atoms with E-state index in [-0.39, 0.29) is 11.4 Å². The molecule has 172 valence electrons. The smallest absolute Gasteiger partial charge is 0.370 e. The standard InChI is InChI=1S/C25H21F3N6/c26-25(27,28)20-9-5-4-8-19(20)24-33-21(18-6-2-1-3-7-18)14-23(34-24)31-13-12-30-22-11-10-17(15-29)16-32-22/h1-11,14,30,32H,12-13,16H2,(H,31,33,34). The van der Waals surface area contributed by atoms with Gasteiger partial charge in [-0.25, -0.2) is 9.97 Å². The number of alkyl halides is 3. The lowest BCUT2D eigenvalue weighted by molar-refractivity contribution is -0.137. The summed E-state index contributed by atoms with van der Waals surface area (Å²) in [4.78, 5) is 8.83. The van der Waals surface area contributed by atoms with Crippen molar-refractivity contribution in [2.75, 3.05) is 25.0 Å². The third-order valence-electron chi connectivity index (χ3n) is 5.08. The first-order chi connectivity index (χ1) is 16.4. The minimum Gasteiger partial charge on any atom is -0.370 e. The lowest BCUT2D eigenvalue weighted by Gasteiger charge is -2.17. The van der Waals surface area contributed by atoms with E-state index in [9.17, 15) is 13.2 Å². The number of nitrogens with zero attached hydrogens (tertiary/aromatic N) is 3. The summed E-state index contributed by atoms with van der Waals surface area (Å²) < 4.78 is 40.9. The van der Waals surface area contributed by atoms with Gasteiger partial charge >= 0.3 is 6.18 Å². The molecule has 0 amide bonds. The molecule has 9 heteroatoms. The molecule has 1 aliphatic heterocycles. The van der Waals surface area contributed by atoms with Gasteiger partial charge in [0.25, 0.3) is 0 Å². The summed E-state index contributed by atoms with van der Waals surface area (Å²) in [5.74, 6) is 1.20. The topological polar surface area (TPSA) is 85.7 Å². The Hall–Kier alpha value is -4.32. The maximum atomic E-state index is 13.6. The van der Waals surface area contributed by atoms with Crippen LogP contribution in [0.4, 0.5) is 19.0 Å². The van der Waals surface area contributed by atoms with Gasteiger partial charge in [-0.15, -0.1) is 0 Å². The first kappa shape index (κ1) is 22.9. The fourth-order valence-corrected chi connectivity index (χ4v) is 3.42. The highest BCUT2D eigenvalue weighted by Gasteiger charge is 2.34. The summed E-state index contributed by atoms with van der Waals surface area (Å²) in [6, 6.07) is 18.3.